The topological polar surface area (TPSA) is 82.2 Å². The summed E-state index contributed by atoms with van der Waals surface area (Å²) in [4.78, 5) is 12.4. The van der Waals surface area contributed by atoms with Gasteiger partial charge in [-0.25, -0.2) is 0 Å². The van der Waals surface area contributed by atoms with Crippen LogP contribution in [0.3, 0.4) is 0 Å². The Morgan fingerprint density at radius 1 is 1.26 bits per heavy atom. The van der Waals surface area contributed by atoms with Crippen LogP contribution < -0.4 is 10.1 Å². The third-order valence-corrected chi connectivity index (χ3v) is 5.21. The van der Waals surface area contributed by atoms with Crippen molar-refractivity contribution in [2.45, 2.75) is 18.6 Å². The third kappa shape index (κ3) is 3.35. The molecule has 4 aromatic rings. The lowest BCUT2D eigenvalue weighted by atomic mass is 10.1. The van der Waals surface area contributed by atoms with Gasteiger partial charge in [0.2, 0.25) is 5.91 Å². The average molecular weight is 382 g/mol. The number of para-hydroxylation sites is 1. The number of nitrogens with zero attached hydrogens (tertiary/aromatic N) is 3. The molecule has 0 atom stereocenters. The third-order valence-electron chi connectivity index (χ3n) is 4.23. The number of ether oxygens (including phenoxy) is 1. The van der Waals surface area contributed by atoms with Crippen molar-refractivity contribution < 1.29 is 13.9 Å². The quantitative estimate of drug-likeness (QED) is 0.509. The molecular formula is C19H18N4O3S. The van der Waals surface area contributed by atoms with Crippen molar-refractivity contribution in [1.82, 2.24) is 14.8 Å². The molecule has 0 saturated heterocycles. The Hall–Kier alpha value is -3.00. The first-order valence-corrected chi connectivity index (χ1v) is 9.48. The van der Waals surface area contributed by atoms with E-state index in [9.17, 15) is 4.79 Å². The van der Waals surface area contributed by atoms with E-state index in [1.165, 1.54) is 11.8 Å². The van der Waals surface area contributed by atoms with Gasteiger partial charge in [0.25, 0.3) is 0 Å². The van der Waals surface area contributed by atoms with Crippen LogP contribution in [0.15, 0.2) is 52.3 Å². The summed E-state index contributed by atoms with van der Waals surface area (Å²) < 4.78 is 13.2. The molecule has 0 aliphatic rings. The maximum atomic E-state index is 12.4. The predicted octanol–water partition coefficient (Wildman–Crippen LogP) is 3.94. The fraction of sp³-hybridized carbons (Fsp3) is 0.211. The van der Waals surface area contributed by atoms with Crippen molar-refractivity contribution in [3.8, 4) is 5.75 Å². The lowest BCUT2D eigenvalue weighted by Gasteiger charge is -2.10. The minimum absolute atomic E-state index is 0.153. The maximum absolute atomic E-state index is 12.4. The first kappa shape index (κ1) is 17.4. The van der Waals surface area contributed by atoms with Gasteiger partial charge in [-0.3, -0.25) is 4.79 Å². The van der Waals surface area contributed by atoms with Crippen LogP contribution in [0.5, 0.6) is 5.75 Å². The van der Waals surface area contributed by atoms with Gasteiger partial charge in [0, 0.05) is 23.4 Å². The second-order valence-electron chi connectivity index (χ2n) is 5.88. The van der Waals surface area contributed by atoms with Crippen LogP contribution in [0.2, 0.25) is 0 Å². The van der Waals surface area contributed by atoms with Crippen LogP contribution in [0.4, 0.5) is 5.69 Å². The fourth-order valence-electron chi connectivity index (χ4n) is 2.91. The number of furan rings is 1. The molecule has 1 N–H and O–H groups in total. The van der Waals surface area contributed by atoms with E-state index in [2.05, 4.69) is 15.5 Å². The fourth-order valence-corrected chi connectivity index (χ4v) is 3.69. The first-order chi connectivity index (χ1) is 13.2. The monoisotopic (exact) mass is 382 g/mol. The average Bonchev–Trinajstić information content (AvgIpc) is 3.29. The molecule has 4 rings (SSSR count). The molecule has 0 spiro atoms. The number of hydrogen-bond acceptors (Lipinski definition) is 6. The highest BCUT2D eigenvalue weighted by Crippen LogP contribution is 2.36. The summed E-state index contributed by atoms with van der Waals surface area (Å²) >= 11 is 1.34. The van der Waals surface area contributed by atoms with Gasteiger partial charge >= 0.3 is 0 Å². The summed E-state index contributed by atoms with van der Waals surface area (Å²) in [6.07, 6.45) is 1.65. The van der Waals surface area contributed by atoms with Crippen LogP contribution in [0, 0.1) is 0 Å². The van der Waals surface area contributed by atoms with Gasteiger partial charge in [0.05, 0.1) is 18.6 Å². The van der Waals surface area contributed by atoms with Crippen molar-refractivity contribution in [2.75, 3.05) is 18.2 Å². The Morgan fingerprint density at radius 3 is 2.93 bits per heavy atom. The molecular weight excluding hydrogens is 364 g/mol. The van der Waals surface area contributed by atoms with Crippen LogP contribution in [0.25, 0.3) is 21.9 Å². The molecule has 7 nitrogen and oxygen atoms in total. The van der Waals surface area contributed by atoms with Gasteiger partial charge in [-0.15, -0.1) is 10.2 Å². The Bertz CT molecular complexity index is 1120. The molecule has 0 saturated carbocycles. The highest BCUT2D eigenvalue weighted by Gasteiger charge is 2.15. The van der Waals surface area contributed by atoms with Crippen LogP contribution >= 0.6 is 11.8 Å². The summed E-state index contributed by atoms with van der Waals surface area (Å²) in [5.41, 5.74) is 2.07. The standard InChI is InChI=1S/C19H18N4O3S/c1-3-23-11-20-22-19(23)27-10-18(24)21-14-9-16-13(8-17(14)25-2)12-6-4-5-7-15(12)26-16/h4-9,11H,3,10H2,1-2H3,(H,21,24). The normalized spacial score (nSPS) is 11.2. The molecule has 0 radical (unpaired) electrons. The van der Waals surface area contributed by atoms with Gasteiger partial charge in [-0.05, 0) is 19.1 Å². The lowest BCUT2D eigenvalue weighted by molar-refractivity contribution is -0.113. The number of carbonyl (C=O) groups excluding carboxylic acids is 1. The minimum Gasteiger partial charge on any atom is -0.495 e. The zero-order valence-electron chi connectivity index (χ0n) is 14.9. The largest absolute Gasteiger partial charge is 0.495 e. The number of rotatable bonds is 6. The number of aromatic nitrogens is 3. The number of fused-ring (bicyclic) bond motifs is 3. The summed E-state index contributed by atoms with van der Waals surface area (Å²) in [7, 11) is 1.58. The summed E-state index contributed by atoms with van der Waals surface area (Å²) in [6.45, 7) is 2.76. The number of nitrogens with one attached hydrogen (secondary N) is 1. The van der Waals surface area contributed by atoms with Crippen molar-refractivity contribution in [3.63, 3.8) is 0 Å². The molecule has 2 heterocycles. The Kier molecular flexibility index (Phi) is 4.72. The van der Waals surface area contributed by atoms with Crippen molar-refractivity contribution in [3.05, 3.63) is 42.7 Å². The second-order valence-corrected chi connectivity index (χ2v) is 6.83. The Labute approximate surface area is 159 Å². The number of benzene rings is 2. The number of carbonyl (C=O) groups is 1. The van der Waals surface area contributed by atoms with E-state index in [1.807, 2.05) is 41.8 Å². The lowest BCUT2D eigenvalue weighted by Crippen LogP contribution is -2.15. The van der Waals surface area contributed by atoms with Gasteiger partial charge in [0.1, 0.15) is 23.2 Å². The molecule has 0 unspecified atom stereocenters. The van der Waals surface area contributed by atoms with E-state index in [1.54, 1.807) is 19.5 Å². The van der Waals surface area contributed by atoms with Gasteiger partial charge in [0.15, 0.2) is 5.16 Å². The van der Waals surface area contributed by atoms with Gasteiger partial charge in [-0.1, -0.05) is 30.0 Å². The summed E-state index contributed by atoms with van der Waals surface area (Å²) in [6, 6.07) is 11.5. The molecule has 2 aromatic carbocycles. The zero-order chi connectivity index (χ0) is 18.8. The zero-order valence-corrected chi connectivity index (χ0v) is 15.7. The van der Waals surface area contributed by atoms with Crippen molar-refractivity contribution in [1.29, 1.82) is 0 Å². The highest BCUT2D eigenvalue weighted by molar-refractivity contribution is 7.99. The second kappa shape index (κ2) is 7.32. The molecule has 0 aliphatic carbocycles. The molecule has 0 bridgehead atoms. The van der Waals surface area contributed by atoms with Crippen LogP contribution in [-0.4, -0.2) is 33.5 Å². The van der Waals surface area contributed by atoms with E-state index >= 15 is 0 Å². The number of anilines is 1. The van der Waals surface area contributed by atoms with E-state index in [4.69, 9.17) is 9.15 Å². The summed E-state index contributed by atoms with van der Waals surface area (Å²) in [5.74, 6) is 0.656. The van der Waals surface area contributed by atoms with Crippen molar-refractivity contribution >= 4 is 45.3 Å². The molecule has 8 heteroatoms. The van der Waals surface area contributed by atoms with E-state index < -0.39 is 0 Å². The predicted molar refractivity (Wildman–Crippen MR) is 105 cm³/mol. The van der Waals surface area contributed by atoms with Crippen LogP contribution in [0.1, 0.15) is 6.92 Å². The number of amides is 1. The molecule has 138 valence electrons. The number of methoxy groups -OCH3 is 1. The SMILES string of the molecule is CCn1cnnc1SCC(=O)Nc1cc2oc3ccccc3c2cc1OC. The maximum Gasteiger partial charge on any atom is 0.234 e. The first-order valence-electron chi connectivity index (χ1n) is 8.49. The molecule has 0 fully saturated rings. The number of hydrogen-bond donors (Lipinski definition) is 1. The van der Waals surface area contributed by atoms with E-state index in [-0.39, 0.29) is 11.7 Å². The molecule has 27 heavy (non-hydrogen) atoms. The number of aryl methyl sites for hydroxylation is 1. The van der Waals surface area contributed by atoms with Crippen LogP contribution in [-0.2, 0) is 11.3 Å². The number of thioether (sulfide) groups is 1. The molecule has 0 aliphatic heterocycles. The van der Waals surface area contributed by atoms with Gasteiger partial charge < -0.3 is 19.0 Å². The highest BCUT2D eigenvalue weighted by atomic mass is 32.2. The summed E-state index contributed by atoms with van der Waals surface area (Å²) in [5, 5.41) is 13.5. The van der Waals surface area contributed by atoms with E-state index in [0.717, 1.165) is 22.9 Å². The van der Waals surface area contributed by atoms with Crippen molar-refractivity contribution in [2.24, 2.45) is 0 Å². The van der Waals surface area contributed by atoms with Gasteiger partial charge in [-0.2, -0.15) is 0 Å². The minimum atomic E-state index is -0.153. The Balaban J connectivity index is 1.57. The molecule has 1 amide bonds. The molecule has 2 aromatic heterocycles. The Morgan fingerprint density at radius 2 is 2.11 bits per heavy atom. The van der Waals surface area contributed by atoms with E-state index in [0.29, 0.717) is 22.2 Å². The smallest absolute Gasteiger partial charge is 0.234 e.